The summed E-state index contributed by atoms with van der Waals surface area (Å²) in [5.74, 6) is 3.57. The second kappa shape index (κ2) is 4.72. The maximum Gasteiger partial charge on any atom is 0.139 e. The molecule has 1 unspecified atom stereocenters. The highest BCUT2D eigenvalue weighted by Crippen LogP contribution is 2.32. The standard InChI is InChI=1S/C13H15N3S/c1-5-10(6-2)16-12-11-8(3)9(4)17-13(11)15-7-14-12/h1,7,10H,6H2,2-4H3,(H,14,15,16). The number of hydrogen-bond donors (Lipinski definition) is 1. The van der Waals surface area contributed by atoms with E-state index in [1.165, 1.54) is 10.4 Å². The van der Waals surface area contributed by atoms with Crippen molar-refractivity contribution in [3.05, 3.63) is 16.8 Å². The van der Waals surface area contributed by atoms with Crippen LogP contribution in [-0.4, -0.2) is 16.0 Å². The summed E-state index contributed by atoms with van der Waals surface area (Å²) in [6.07, 6.45) is 7.93. The average molecular weight is 245 g/mol. The first-order valence-corrected chi connectivity index (χ1v) is 6.42. The van der Waals surface area contributed by atoms with Crippen molar-refractivity contribution in [2.24, 2.45) is 0 Å². The molecule has 2 rings (SSSR count). The van der Waals surface area contributed by atoms with Crippen LogP contribution in [0.5, 0.6) is 0 Å². The predicted octanol–water partition coefficient (Wildman–Crippen LogP) is 3.13. The van der Waals surface area contributed by atoms with Gasteiger partial charge in [-0.3, -0.25) is 0 Å². The van der Waals surface area contributed by atoms with E-state index in [1.807, 2.05) is 0 Å². The molecule has 0 saturated heterocycles. The Morgan fingerprint density at radius 3 is 2.88 bits per heavy atom. The van der Waals surface area contributed by atoms with Gasteiger partial charge in [-0.2, -0.15) is 0 Å². The van der Waals surface area contributed by atoms with Crippen molar-refractivity contribution < 1.29 is 0 Å². The number of aryl methyl sites for hydroxylation is 2. The summed E-state index contributed by atoms with van der Waals surface area (Å²) in [6.45, 7) is 6.26. The summed E-state index contributed by atoms with van der Waals surface area (Å²) in [6, 6.07) is 0.0210. The maximum absolute atomic E-state index is 5.47. The van der Waals surface area contributed by atoms with Gasteiger partial charge in [-0.15, -0.1) is 17.8 Å². The van der Waals surface area contributed by atoms with Gasteiger partial charge in [0.25, 0.3) is 0 Å². The van der Waals surface area contributed by atoms with E-state index in [0.717, 1.165) is 22.5 Å². The Morgan fingerprint density at radius 1 is 1.47 bits per heavy atom. The topological polar surface area (TPSA) is 37.8 Å². The normalized spacial score (nSPS) is 12.4. The van der Waals surface area contributed by atoms with E-state index in [2.05, 4.69) is 42.0 Å². The number of terminal acetylenes is 1. The van der Waals surface area contributed by atoms with Gasteiger partial charge in [0.2, 0.25) is 0 Å². The highest BCUT2D eigenvalue weighted by molar-refractivity contribution is 7.18. The summed E-state index contributed by atoms with van der Waals surface area (Å²) < 4.78 is 0. The molecule has 0 aromatic carbocycles. The Kier molecular flexibility index (Phi) is 3.30. The van der Waals surface area contributed by atoms with Crippen molar-refractivity contribution in [2.75, 3.05) is 5.32 Å². The molecule has 1 N–H and O–H groups in total. The fraction of sp³-hybridized carbons (Fsp3) is 0.385. The maximum atomic E-state index is 5.47. The molecule has 17 heavy (non-hydrogen) atoms. The SMILES string of the molecule is C#CC(CC)Nc1ncnc2sc(C)c(C)c12. The fourth-order valence-electron chi connectivity index (χ4n) is 1.72. The molecular weight excluding hydrogens is 230 g/mol. The van der Waals surface area contributed by atoms with Crippen LogP contribution in [0.4, 0.5) is 5.82 Å². The molecule has 4 heteroatoms. The third-order valence-corrected chi connectivity index (χ3v) is 4.00. The quantitative estimate of drug-likeness (QED) is 0.844. The predicted molar refractivity (Wildman–Crippen MR) is 73.4 cm³/mol. The van der Waals surface area contributed by atoms with Crippen molar-refractivity contribution in [3.8, 4) is 12.3 Å². The van der Waals surface area contributed by atoms with Crippen LogP contribution in [0.2, 0.25) is 0 Å². The van der Waals surface area contributed by atoms with Crippen LogP contribution in [-0.2, 0) is 0 Å². The van der Waals surface area contributed by atoms with Crippen molar-refractivity contribution in [2.45, 2.75) is 33.2 Å². The number of thiophene rings is 1. The van der Waals surface area contributed by atoms with Gasteiger partial charge in [0, 0.05) is 4.88 Å². The van der Waals surface area contributed by atoms with E-state index in [9.17, 15) is 0 Å². The number of nitrogens with one attached hydrogen (secondary N) is 1. The first-order valence-electron chi connectivity index (χ1n) is 5.60. The van der Waals surface area contributed by atoms with E-state index >= 15 is 0 Å². The van der Waals surface area contributed by atoms with Crippen LogP contribution in [0.1, 0.15) is 23.8 Å². The average Bonchev–Trinajstić information content (AvgIpc) is 2.63. The summed E-state index contributed by atoms with van der Waals surface area (Å²) in [7, 11) is 0. The van der Waals surface area contributed by atoms with E-state index < -0.39 is 0 Å². The first kappa shape index (κ1) is 11.9. The van der Waals surface area contributed by atoms with Gasteiger partial charge in [-0.25, -0.2) is 9.97 Å². The minimum atomic E-state index is 0.0210. The smallest absolute Gasteiger partial charge is 0.139 e. The zero-order valence-corrected chi connectivity index (χ0v) is 11.1. The molecule has 2 aromatic rings. The lowest BCUT2D eigenvalue weighted by Gasteiger charge is -2.12. The van der Waals surface area contributed by atoms with E-state index in [-0.39, 0.29) is 6.04 Å². The van der Waals surface area contributed by atoms with E-state index in [4.69, 9.17) is 6.42 Å². The largest absolute Gasteiger partial charge is 0.356 e. The van der Waals surface area contributed by atoms with Crippen LogP contribution >= 0.6 is 11.3 Å². The van der Waals surface area contributed by atoms with Gasteiger partial charge in [-0.1, -0.05) is 12.8 Å². The molecule has 2 aromatic heterocycles. The molecule has 1 atom stereocenters. The van der Waals surface area contributed by atoms with Crippen LogP contribution in [0.3, 0.4) is 0 Å². The minimum absolute atomic E-state index is 0.0210. The van der Waals surface area contributed by atoms with Crippen molar-refractivity contribution in [1.29, 1.82) is 0 Å². The van der Waals surface area contributed by atoms with E-state index in [1.54, 1.807) is 17.7 Å². The number of hydrogen-bond acceptors (Lipinski definition) is 4. The number of rotatable bonds is 3. The molecule has 0 aliphatic carbocycles. The van der Waals surface area contributed by atoms with Gasteiger partial charge in [-0.05, 0) is 25.8 Å². The van der Waals surface area contributed by atoms with E-state index in [0.29, 0.717) is 0 Å². The Balaban J connectivity index is 2.51. The molecule has 0 bridgehead atoms. The third-order valence-electron chi connectivity index (χ3n) is 2.89. The summed E-state index contributed by atoms with van der Waals surface area (Å²) in [4.78, 5) is 10.9. The molecule has 2 heterocycles. The Hall–Kier alpha value is -1.60. The summed E-state index contributed by atoms with van der Waals surface area (Å²) in [5.41, 5.74) is 1.24. The van der Waals surface area contributed by atoms with Gasteiger partial charge in [0.1, 0.15) is 17.0 Å². The number of anilines is 1. The van der Waals surface area contributed by atoms with Gasteiger partial charge < -0.3 is 5.32 Å². The van der Waals surface area contributed by atoms with Crippen LogP contribution in [0.15, 0.2) is 6.33 Å². The fourth-order valence-corrected chi connectivity index (χ4v) is 2.72. The highest BCUT2D eigenvalue weighted by Gasteiger charge is 2.13. The Labute approximate surface area is 105 Å². The molecule has 0 radical (unpaired) electrons. The molecule has 88 valence electrons. The summed E-state index contributed by atoms with van der Waals surface area (Å²) >= 11 is 1.69. The van der Waals surface area contributed by atoms with Crippen molar-refractivity contribution >= 4 is 27.4 Å². The molecule has 0 saturated carbocycles. The van der Waals surface area contributed by atoms with Gasteiger partial charge in [0.05, 0.1) is 11.4 Å². The monoisotopic (exact) mass is 245 g/mol. The number of nitrogens with zero attached hydrogens (tertiary/aromatic N) is 2. The molecule has 3 nitrogen and oxygen atoms in total. The molecule has 0 aliphatic rings. The van der Waals surface area contributed by atoms with Crippen LogP contribution < -0.4 is 5.32 Å². The van der Waals surface area contributed by atoms with Crippen molar-refractivity contribution in [1.82, 2.24) is 9.97 Å². The zero-order chi connectivity index (χ0) is 12.4. The van der Waals surface area contributed by atoms with Gasteiger partial charge >= 0.3 is 0 Å². The van der Waals surface area contributed by atoms with Gasteiger partial charge in [0.15, 0.2) is 0 Å². The number of fused-ring (bicyclic) bond motifs is 1. The highest BCUT2D eigenvalue weighted by atomic mass is 32.1. The molecule has 0 spiro atoms. The van der Waals surface area contributed by atoms with Crippen molar-refractivity contribution in [3.63, 3.8) is 0 Å². The third kappa shape index (κ3) is 2.11. The molecule has 0 fully saturated rings. The molecular formula is C13H15N3S. The first-order chi connectivity index (χ1) is 8.17. The molecule has 0 amide bonds. The second-order valence-corrected chi connectivity index (χ2v) is 5.16. The second-order valence-electron chi connectivity index (χ2n) is 3.96. The zero-order valence-electron chi connectivity index (χ0n) is 10.2. The lowest BCUT2D eigenvalue weighted by Crippen LogP contribution is -2.16. The Morgan fingerprint density at radius 2 is 2.24 bits per heavy atom. The minimum Gasteiger partial charge on any atom is -0.356 e. The Bertz CT molecular complexity index is 580. The van der Waals surface area contributed by atoms with Crippen LogP contribution in [0, 0.1) is 26.2 Å². The molecule has 0 aliphatic heterocycles. The van der Waals surface area contributed by atoms with Crippen LogP contribution in [0.25, 0.3) is 10.2 Å². The lowest BCUT2D eigenvalue weighted by atomic mass is 10.2. The number of aromatic nitrogens is 2. The lowest BCUT2D eigenvalue weighted by molar-refractivity contribution is 0.852. The summed E-state index contributed by atoms with van der Waals surface area (Å²) in [5, 5.41) is 4.40.